The highest BCUT2D eigenvalue weighted by molar-refractivity contribution is 6.31. The summed E-state index contributed by atoms with van der Waals surface area (Å²) >= 11 is 11.5. The predicted octanol–water partition coefficient (Wildman–Crippen LogP) is 4.62. The summed E-state index contributed by atoms with van der Waals surface area (Å²) < 4.78 is 13.1. The van der Waals surface area contributed by atoms with Gasteiger partial charge >= 0.3 is 0 Å². The van der Waals surface area contributed by atoms with Gasteiger partial charge in [-0.25, -0.2) is 4.39 Å². The molecule has 5 heteroatoms. The minimum Gasteiger partial charge on any atom is -0.292 e. The average molecular weight is 308 g/mol. The van der Waals surface area contributed by atoms with E-state index in [0.29, 0.717) is 10.6 Å². The fraction of sp³-hybridized carbons (Fsp3) is 0.0667. The summed E-state index contributed by atoms with van der Waals surface area (Å²) in [6.07, 6.45) is 0. The summed E-state index contributed by atoms with van der Waals surface area (Å²) in [5.41, 5.74) is 0.674. The highest BCUT2D eigenvalue weighted by Crippen LogP contribution is 2.25. The molecule has 0 aromatic heterocycles. The highest BCUT2D eigenvalue weighted by atomic mass is 35.5. The lowest BCUT2D eigenvalue weighted by Gasteiger charge is -2.09. The van der Waals surface area contributed by atoms with E-state index in [1.165, 1.54) is 12.1 Å². The highest BCUT2D eigenvalue weighted by Gasteiger charge is 2.22. The van der Waals surface area contributed by atoms with Gasteiger partial charge in [0.05, 0.1) is 11.1 Å². The average Bonchev–Trinajstić information content (AvgIpc) is 2.42. The van der Waals surface area contributed by atoms with Crippen LogP contribution in [0.2, 0.25) is 10.0 Å². The second-order valence-corrected chi connectivity index (χ2v) is 4.95. The fourth-order valence-electron chi connectivity index (χ4n) is 1.79. The zero-order valence-corrected chi connectivity index (χ0v) is 11.6. The van der Waals surface area contributed by atoms with Gasteiger partial charge in [0.1, 0.15) is 11.7 Å². The van der Waals surface area contributed by atoms with Crippen LogP contribution < -0.4 is 0 Å². The van der Waals surface area contributed by atoms with Crippen LogP contribution in [0.5, 0.6) is 0 Å². The Labute approximate surface area is 125 Å². The molecule has 20 heavy (non-hydrogen) atoms. The van der Waals surface area contributed by atoms with Crippen molar-refractivity contribution >= 4 is 29.0 Å². The standard InChI is InChI=1S/C15H8Cl2FNO/c16-11-3-1-2-9(6-11)12(8-19)15(20)10-4-5-14(18)13(17)7-10/h1-7,12H. The lowest BCUT2D eigenvalue weighted by molar-refractivity contribution is 0.0979. The number of benzene rings is 2. The molecule has 2 aromatic carbocycles. The lowest BCUT2D eigenvalue weighted by Crippen LogP contribution is -2.11. The SMILES string of the molecule is N#CC(C(=O)c1ccc(F)c(Cl)c1)c1cccc(Cl)c1. The third-order valence-corrected chi connectivity index (χ3v) is 3.30. The fourth-order valence-corrected chi connectivity index (χ4v) is 2.17. The Hall–Kier alpha value is -1.89. The van der Waals surface area contributed by atoms with Gasteiger partial charge in [-0.15, -0.1) is 0 Å². The van der Waals surface area contributed by atoms with E-state index in [2.05, 4.69) is 0 Å². The van der Waals surface area contributed by atoms with Gasteiger partial charge in [-0.05, 0) is 35.9 Å². The largest absolute Gasteiger partial charge is 0.292 e. The first-order valence-electron chi connectivity index (χ1n) is 5.67. The molecule has 0 fully saturated rings. The maximum absolute atomic E-state index is 13.1. The molecule has 0 bridgehead atoms. The van der Waals surface area contributed by atoms with E-state index >= 15 is 0 Å². The zero-order chi connectivity index (χ0) is 14.7. The molecule has 0 radical (unpaired) electrons. The Bertz CT molecular complexity index is 709. The molecule has 2 aromatic rings. The van der Waals surface area contributed by atoms with Crippen LogP contribution >= 0.6 is 23.2 Å². The van der Waals surface area contributed by atoms with Crippen molar-refractivity contribution in [1.29, 1.82) is 5.26 Å². The molecule has 0 amide bonds. The normalized spacial score (nSPS) is 11.7. The van der Waals surface area contributed by atoms with Crippen molar-refractivity contribution in [2.45, 2.75) is 5.92 Å². The minimum atomic E-state index is -1.00. The van der Waals surface area contributed by atoms with Gasteiger partial charge in [0.2, 0.25) is 0 Å². The Kier molecular flexibility index (Phi) is 4.39. The lowest BCUT2D eigenvalue weighted by atomic mass is 9.92. The molecule has 0 spiro atoms. The quantitative estimate of drug-likeness (QED) is 0.776. The molecule has 0 aliphatic rings. The molecule has 0 aliphatic heterocycles. The van der Waals surface area contributed by atoms with E-state index in [1.54, 1.807) is 24.3 Å². The predicted molar refractivity (Wildman–Crippen MR) is 75.5 cm³/mol. The van der Waals surface area contributed by atoms with Crippen LogP contribution in [-0.4, -0.2) is 5.78 Å². The van der Waals surface area contributed by atoms with Crippen LogP contribution in [0.3, 0.4) is 0 Å². The molecule has 2 rings (SSSR count). The number of halogens is 3. The topological polar surface area (TPSA) is 40.9 Å². The minimum absolute atomic E-state index is 0.154. The smallest absolute Gasteiger partial charge is 0.184 e. The first-order chi connectivity index (χ1) is 9.52. The maximum atomic E-state index is 13.1. The molecular weight excluding hydrogens is 300 g/mol. The van der Waals surface area contributed by atoms with E-state index in [1.807, 2.05) is 6.07 Å². The number of carbonyl (C=O) groups is 1. The van der Waals surface area contributed by atoms with Gasteiger partial charge in [0.15, 0.2) is 5.78 Å². The van der Waals surface area contributed by atoms with Gasteiger partial charge in [-0.2, -0.15) is 5.26 Å². The molecule has 0 aliphatic carbocycles. The molecule has 1 atom stereocenters. The van der Waals surface area contributed by atoms with Crippen LogP contribution in [0.4, 0.5) is 4.39 Å². The van der Waals surface area contributed by atoms with Gasteiger partial charge in [-0.3, -0.25) is 4.79 Å². The van der Waals surface area contributed by atoms with Crippen molar-refractivity contribution in [1.82, 2.24) is 0 Å². The molecule has 0 N–H and O–H groups in total. The second kappa shape index (κ2) is 6.04. The van der Waals surface area contributed by atoms with E-state index in [4.69, 9.17) is 23.2 Å². The number of nitrogens with zero attached hydrogens (tertiary/aromatic N) is 1. The molecule has 2 nitrogen and oxygen atoms in total. The monoisotopic (exact) mass is 307 g/mol. The molecule has 0 heterocycles. The number of ketones is 1. The summed E-state index contributed by atoms with van der Waals surface area (Å²) in [5.74, 6) is -2.06. The van der Waals surface area contributed by atoms with E-state index in [0.717, 1.165) is 6.07 Å². The van der Waals surface area contributed by atoms with Gasteiger partial charge < -0.3 is 0 Å². The first kappa shape index (κ1) is 14.5. The maximum Gasteiger partial charge on any atom is 0.184 e. The molecule has 0 saturated carbocycles. The van der Waals surface area contributed by atoms with Crippen LogP contribution in [0.15, 0.2) is 42.5 Å². The Morgan fingerprint density at radius 1 is 1.20 bits per heavy atom. The van der Waals surface area contributed by atoms with Gasteiger partial charge in [0, 0.05) is 10.6 Å². The molecule has 1 unspecified atom stereocenters. The van der Waals surface area contributed by atoms with Gasteiger partial charge in [-0.1, -0.05) is 35.3 Å². The van der Waals surface area contributed by atoms with E-state index in [9.17, 15) is 14.4 Å². The van der Waals surface area contributed by atoms with Crippen LogP contribution in [0.1, 0.15) is 21.8 Å². The zero-order valence-electron chi connectivity index (χ0n) is 10.1. The third kappa shape index (κ3) is 2.98. The molecular formula is C15H8Cl2FNO. The van der Waals surface area contributed by atoms with Crippen molar-refractivity contribution in [2.24, 2.45) is 0 Å². The van der Waals surface area contributed by atoms with Gasteiger partial charge in [0.25, 0.3) is 0 Å². The van der Waals surface area contributed by atoms with Crippen molar-refractivity contribution in [2.75, 3.05) is 0 Å². The van der Waals surface area contributed by atoms with E-state index in [-0.39, 0.29) is 10.6 Å². The van der Waals surface area contributed by atoms with Crippen molar-refractivity contribution in [3.05, 3.63) is 69.5 Å². The summed E-state index contributed by atoms with van der Waals surface area (Å²) in [4.78, 5) is 12.3. The Balaban J connectivity index is 2.39. The Morgan fingerprint density at radius 3 is 2.55 bits per heavy atom. The summed E-state index contributed by atoms with van der Waals surface area (Å²) in [6.45, 7) is 0. The third-order valence-electron chi connectivity index (χ3n) is 2.78. The summed E-state index contributed by atoms with van der Waals surface area (Å²) in [7, 11) is 0. The molecule has 0 saturated heterocycles. The van der Waals surface area contributed by atoms with E-state index < -0.39 is 17.5 Å². The number of hydrogen-bond donors (Lipinski definition) is 0. The second-order valence-electron chi connectivity index (χ2n) is 4.11. The van der Waals surface area contributed by atoms with Crippen molar-refractivity contribution in [3.8, 4) is 6.07 Å². The summed E-state index contributed by atoms with van der Waals surface area (Å²) in [6, 6.07) is 12.1. The van der Waals surface area contributed by atoms with Crippen molar-refractivity contribution in [3.63, 3.8) is 0 Å². The number of nitriles is 1. The number of carbonyl (C=O) groups excluding carboxylic acids is 1. The number of rotatable bonds is 3. The Morgan fingerprint density at radius 2 is 1.95 bits per heavy atom. The summed E-state index contributed by atoms with van der Waals surface area (Å²) in [5, 5.41) is 9.49. The van der Waals surface area contributed by atoms with Crippen LogP contribution in [0.25, 0.3) is 0 Å². The number of hydrogen-bond acceptors (Lipinski definition) is 2. The van der Waals surface area contributed by atoms with Crippen LogP contribution in [-0.2, 0) is 0 Å². The number of Topliss-reactive ketones (excluding diaryl/α,β-unsaturated/α-hetero) is 1. The van der Waals surface area contributed by atoms with Crippen molar-refractivity contribution < 1.29 is 9.18 Å². The molecule has 100 valence electrons. The van der Waals surface area contributed by atoms with Crippen LogP contribution in [0, 0.1) is 17.1 Å². The first-order valence-corrected chi connectivity index (χ1v) is 6.43.